The third-order valence-corrected chi connectivity index (χ3v) is 4.08. The topological polar surface area (TPSA) is 29.9 Å². The van der Waals surface area contributed by atoms with Gasteiger partial charge in [-0.05, 0) is 31.9 Å². The standard InChI is InChI=1S/C16H22ClN3/c1-4-18-15(13-8-6-5-7-9-13)11-10-14-12(2)19-20(3)16(14)17/h5-9,15,18H,4,10-11H2,1-3H3. The minimum absolute atomic E-state index is 0.358. The molecule has 1 unspecified atom stereocenters. The zero-order valence-corrected chi connectivity index (χ0v) is 13.1. The minimum Gasteiger partial charge on any atom is -0.310 e. The van der Waals surface area contributed by atoms with E-state index < -0.39 is 0 Å². The van der Waals surface area contributed by atoms with Crippen molar-refractivity contribution >= 4 is 11.6 Å². The highest BCUT2D eigenvalue weighted by Gasteiger charge is 2.15. The maximum atomic E-state index is 6.30. The fourth-order valence-electron chi connectivity index (χ4n) is 2.56. The van der Waals surface area contributed by atoms with E-state index in [0.717, 1.165) is 35.8 Å². The van der Waals surface area contributed by atoms with Crippen molar-refractivity contribution in [2.75, 3.05) is 6.54 Å². The Kier molecular flexibility index (Phi) is 5.21. The quantitative estimate of drug-likeness (QED) is 0.880. The predicted octanol–water partition coefficient (Wildman–Crippen LogP) is 3.67. The largest absolute Gasteiger partial charge is 0.310 e. The molecule has 0 spiro atoms. The summed E-state index contributed by atoms with van der Waals surface area (Å²) in [5, 5.41) is 8.67. The number of aryl methyl sites for hydroxylation is 2. The predicted molar refractivity (Wildman–Crippen MR) is 84.1 cm³/mol. The summed E-state index contributed by atoms with van der Waals surface area (Å²) in [5.74, 6) is 0. The van der Waals surface area contributed by atoms with Gasteiger partial charge in [-0.3, -0.25) is 4.68 Å². The van der Waals surface area contributed by atoms with E-state index in [1.807, 2.05) is 14.0 Å². The number of nitrogens with one attached hydrogen (secondary N) is 1. The Labute approximate surface area is 126 Å². The molecule has 1 atom stereocenters. The van der Waals surface area contributed by atoms with Crippen molar-refractivity contribution in [2.45, 2.75) is 32.7 Å². The van der Waals surface area contributed by atoms with Crippen molar-refractivity contribution in [3.63, 3.8) is 0 Å². The fourth-order valence-corrected chi connectivity index (χ4v) is 2.83. The van der Waals surface area contributed by atoms with Gasteiger partial charge in [0.25, 0.3) is 0 Å². The second kappa shape index (κ2) is 6.91. The smallest absolute Gasteiger partial charge is 0.130 e. The number of aromatic nitrogens is 2. The number of nitrogens with zero attached hydrogens (tertiary/aromatic N) is 2. The summed E-state index contributed by atoms with van der Waals surface area (Å²) in [6.07, 6.45) is 1.95. The van der Waals surface area contributed by atoms with Gasteiger partial charge in [-0.15, -0.1) is 0 Å². The SMILES string of the molecule is CCNC(CCc1c(C)nn(C)c1Cl)c1ccccc1. The molecule has 1 heterocycles. The molecule has 0 radical (unpaired) electrons. The van der Waals surface area contributed by atoms with Crippen molar-refractivity contribution in [1.29, 1.82) is 0 Å². The zero-order chi connectivity index (χ0) is 14.5. The lowest BCUT2D eigenvalue weighted by Crippen LogP contribution is -2.21. The van der Waals surface area contributed by atoms with Crippen LogP contribution in [0.5, 0.6) is 0 Å². The van der Waals surface area contributed by atoms with Crippen LogP contribution in [-0.2, 0) is 13.5 Å². The molecule has 2 rings (SSSR count). The lowest BCUT2D eigenvalue weighted by atomic mass is 9.99. The van der Waals surface area contributed by atoms with E-state index in [-0.39, 0.29) is 0 Å². The average molecular weight is 292 g/mol. The summed E-state index contributed by atoms with van der Waals surface area (Å²) in [4.78, 5) is 0. The first-order valence-electron chi connectivity index (χ1n) is 7.09. The molecule has 0 aliphatic carbocycles. The van der Waals surface area contributed by atoms with Gasteiger partial charge >= 0.3 is 0 Å². The van der Waals surface area contributed by atoms with Gasteiger partial charge in [-0.2, -0.15) is 5.10 Å². The van der Waals surface area contributed by atoms with Crippen LogP contribution in [-0.4, -0.2) is 16.3 Å². The Morgan fingerprint density at radius 3 is 2.55 bits per heavy atom. The first-order valence-corrected chi connectivity index (χ1v) is 7.47. The highest BCUT2D eigenvalue weighted by atomic mass is 35.5. The van der Waals surface area contributed by atoms with Crippen LogP contribution >= 0.6 is 11.6 Å². The maximum absolute atomic E-state index is 6.30. The fraction of sp³-hybridized carbons (Fsp3) is 0.438. The Bertz CT molecular complexity index is 548. The minimum atomic E-state index is 0.358. The maximum Gasteiger partial charge on any atom is 0.130 e. The second-order valence-electron chi connectivity index (χ2n) is 5.04. The number of halogens is 1. The third-order valence-electron chi connectivity index (χ3n) is 3.61. The van der Waals surface area contributed by atoms with E-state index >= 15 is 0 Å². The zero-order valence-electron chi connectivity index (χ0n) is 12.4. The normalized spacial score (nSPS) is 12.6. The molecule has 20 heavy (non-hydrogen) atoms. The molecule has 0 amide bonds. The van der Waals surface area contributed by atoms with Gasteiger partial charge in [0.1, 0.15) is 5.15 Å². The van der Waals surface area contributed by atoms with Crippen LogP contribution < -0.4 is 5.32 Å². The molecule has 4 heteroatoms. The van der Waals surface area contributed by atoms with Crippen LogP contribution in [0.2, 0.25) is 5.15 Å². The van der Waals surface area contributed by atoms with Crippen LogP contribution in [0.4, 0.5) is 0 Å². The van der Waals surface area contributed by atoms with Crippen molar-refractivity contribution in [1.82, 2.24) is 15.1 Å². The summed E-state index contributed by atoms with van der Waals surface area (Å²) in [6.45, 7) is 5.11. The van der Waals surface area contributed by atoms with E-state index in [0.29, 0.717) is 6.04 Å². The van der Waals surface area contributed by atoms with E-state index in [2.05, 4.69) is 47.7 Å². The van der Waals surface area contributed by atoms with Crippen molar-refractivity contribution in [3.05, 3.63) is 52.3 Å². The number of benzene rings is 1. The summed E-state index contributed by atoms with van der Waals surface area (Å²) in [6, 6.07) is 10.9. The van der Waals surface area contributed by atoms with Gasteiger partial charge in [-0.1, -0.05) is 48.9 Å². The number of hydrogen-bond acceptors (Lipinski definition) is 2. The van der Waals surface area contributed by atoms with Crippen molar-refractivity contribution < 1.29 is 0 Å². The first-order chi connectivity index (χ1) is 9.63. The van der Waals surface area contributed by atoms with Crippen LogP contribution in [0.1, 0.15) is 36.2 Å². The van der Waals surface area contributed by atoms with E-state index in [9.17, 15) is 0 Å². The summed E-state index contributed by atoms with van der Waals surface area (Å²) >= 11 is 6.30. The number of hydrogen-bond donors (Lipinski definition) is 1. The third kappa shape index (κ3) is 3.41. The van der Waals surface area contributed by atoms with Gasteiger partial charge < -0.3 is 5.32 Å². The molecule has 1 aromatic carbocycles. The molecule has 0 aliphatic heterocycles. The number of rotatable bonds is 6. The molecule has 1 aromatic heterocycles. The van der Waals surface area contributed by atoms with E-state index in [1.54, 1.807) is 4.68 Å². The molecule has 0 saturated carbocycles. The Morgan fingerprint density at radius 2 is 2.00 bits per heavy atom. The Hall–Kier alpha value is -1.32. The highest BCUT2D eigenvalue weighted by molar-refractivity contribution is 6.30. The molecule has 0 fully saturated rings. The van der Waals surface area contributed by atoms with Crippen LogP contribution in [0.15, 0.2) is 30.3 Å². The molecule has 0 bridgehead atoms. The monoisotopic (exact) mass is 291 g/mol. The molecular formula is C16H22ClN3. The lowest BCUT2D eigenvalue weighted by molar-refractivity contribution is 0.515. The van der Waals surface area contributed by atoms with Gasteiger partial charge in [0.05, 0.1) is 5.69 Å². The van der Waals surface area contributed by atoms with E-state index in [1.165, 1.54) is 5.56 Å². The van der Waals surface area contributed by atoms with Gasteiger partial charge in [0.2, 0.25) is 0 Å². The molecule has 0 aliphatic rings. The van der Waals surface area contributed by atoms with Crippen LogP contribution in [0.3, 0.4) is 0 Å². The molecule has 3 nitrogen and oxygen atoms in total. The molecule has 108 valence electrons. The second-order valence-corrected chi connectivity index (χ2v) is 5.40. The summed E-state index contributed by atoms with van der Waals surface area (Å²) in [7, 11) is 1.89. The van der Waals surface area contributed by atoms with Gasteiger partial charge in [0.15, 0.2) is 0 Å². The van der Waals surface area contributed by atoms with Gasteiger partial charge in [-0.25, -0.2) is 0 Å². The van der Waals surface area contributed by atoms with Crippen molar-refractivity contribution in [3.8, 4) is 0 Å². The first kappa shape index (κ1) is 15.1. The average Bonchev–Trinajstić information content (AvgIpc) is 2.70. The Morgan fingerprint density at radius 1 is 1.30 bits per heavy atom. The molecule has 2 aromatic rings. The van der Waals surface area contributed by atoms with Crippen molar-refractivity contribution in [2.24, 2.45) is 7.05 Å². The van der Waals surface area contributed by atoms with Crippen LogP contribution in [0.25, 0.3) is 0 Å². The Balaban J connectivity index is 2.10. The molecule has 0 saturated heterocycles. The molecular weight excluding hydrogens is 270 g/mol. The molecule has 1 N–H and O–H groups in total. The van der Waals surface area contributed by atoms with Gasteiger partial charge in [0, 0.05) is 18.7 Å². The van der Waals surface area contributed by atoms with E-state index in [4.69, 9.17) is 11.6 Å². The highest BCUT2D eigenvalue weighted by Crippen LogP contribution is 2.24. The summed E-state index contributed by atoms with van der Waals surface area (Å²) in [5.41, 5.74) is 3.51. The van der Waals surface area contributed by atoms with Crippen LogP contribution in [0, 0.1) is 6.92 Å². The summed E-state index contributed by atoms with van der Waals surface area (Å²) < 4.78 is 1.75. The lowest BCUT2D eigenvalue weighted by Gasteiger charge is -2.18.